The van der Waals surface area contributed by atoms with E-state index in [9.17, 15) is 0 Å². The van der Waals surface area contributed by atoms with Gasteiger partial charge < -0.3 is 0 Å². The summed E-state index contributed by atoms with van der Waals surface area (Å²) in [5, 5.41) is 10.1. The van der Waals surface area contributed by atoms with Crippen LogP contribution in [0.4, 0.5) is 5.69 Å². The summed E-state index contributed by atoms with van der Waals surface area (Å²) in [5.74, 6) is 0. The molecule has 16 heavy (non-hydrogen) atoms. The normalized spacial score (nSPS) is 9.19. The number of hydroxylamine groups is 2. The monoisotopic (exact) mass is 222 g/mol. The van der Waals surface area contributed by atoms with Crippen molar-refractivity contribution >= 4 is 5.69 Å². The summed E-state index contributed by atoms with van der Waals surface area (Å²) in [6, 6.07) is 8.94. The first-order valence-electron chi connectivity index (χ1n) is 5.56. The Kier molecular flexibility index (Phi) is 9.18. The van der Waals surface area contributed by atoms with E-state index < -0.39 is 0 Å². The molecule has 0 aliphatic carbocycles. The third-order valence-electron chi connectivity index (χ3n) is 1.89. The van der Waals surface area contributed by atoms with Crippen molar-refractivity contribution in [2.45, 2.75) is 20.8 Å². The first-order valence-corrected chi connectivity index (χ1v) is 5.56. The van der Waals surface area contributed by atoms with Crippen LogP contribution in [0.2, 0.25) is 0 Å². The van der Waals surface area contributed by atoms with Crippen LogP contribution in [-0.4, -0.2) is 24.8 Å². The molecule has 4 heteroatoms. The Morgan fingerprint density at radius 3 is 1.94 bits per heavy atom. The van der Waals surface area contributed by atoms with E-state index in [1.54, 1.807) is 12.1 Å². The molecule has 0 fully saturated rings. The maximum Gasteiger partial charge on any atom is 0.385 e. The van der Waals surface area contributed by atoms with Gasteiger partial charge in [-0.15, -0.1) is 0 Å². The van der Waals surface area contributed by atoms with Crippen LogP contribution in [0.25, 0.3) is 4.98 Å². The number of rotatable bonds is 4. The molecular formula is C12H20N3O+. The van der Waals surface area contributed by atoms with E-state index in [0.29, 0.717) is 5.69 Å². The molecule has 0 aliphatic heterocycles. The van der Waals surface area contributed by atoms with Gasteiger partial charge in [0.1, 0.15) is 0 Å². The molecule has 0 aliphatic rings. The van der Waals surface area contributed by atoms with Crippen molar-refractivity contribution in [2.24, 2.45) is 0 Å². The van der Waals surface area contributed by atoms with Crippen LogP contribution in [0.1, 0.15) is 20.8 Å². The molecule has 0 aromatic heterocycles. The predicted octanol–water partition coefficient (Wildman–Crippen LogP) is 3.45. The Hall–Kier alpha value is -1.44. The second-order valence-electron chi connectivity index (χ2n) is 2.97. The highest BCUT2D eigenvalue weighted by Gasteiger charge is 1.96. The van der Waals surface area contributed by atoms with Crippen LogP contribution in [0.3, 0.4) is 0 Å². The van der Waals surface area contributed by atoms with Gasteiger partial charge in [-0.2, -0.15) is 5.06 Å². The molecule has 0 N–H and O–H groups in total. The fourth-order valence-corrected chi connectivity index (χ4v) is 1.08. The molecule has 88 valence electrons. The minimum absolute atomic E-state index is 0.590. The smallest absolute Gasteiger partial charge is 0.299 e. The fraction of sp³-hybridized carbons (Fsp3) is 0.500. The summed E-state index contributed by atoms with van der Waals surface area (Å²) in [5.41, 5.74) is 0.590. The standard InChI is InChI=1S/C6H5N2.C6H15NO/c7-8-6-4-2-1-3-5-6;1-4-7(5-2)8-6-3/h1-5H;4-6H2,1-3H3/q+1;. The van der Waals surface area contributed by atoms with Crippen molar-refractivity contribution in [1.29, 1.82) is 5.39 Å². The van der Waals surface area contributed by atoms with Crippen LogP contribution in [0.5, 0.6) is 0 Å². The molecule has 0 spiro atoms. The summed E-state index contributed by atoms with van der Waals surface area (Å²) < 4.78 is 0. The summed E-state index contributed by atoms with van der Waals surface area (Å²) in [6.07, 6.45) is 0. The van der Waals surface area contributed by atoms with Gasteiger partial charge >= 0.3 is 5.69 Å². The lowest BCUT2D eigenvalue weighted by Gasteiger charge is -2.15. The molecule has 0 bridgehead atoms. The van der Waals surface area contributed by atoms with Gasteiger partial charge in [0, 0.05) is 25.2 Å². The van der Waals surface area contributed by atoms with Crippen molar-refractivity contribution in [3.8, 4) is 0 Å². The lowest BCUT2D eigenvalue weighted by atomic mass is 10.3. The van der Waals surface area contributed by atoms with Crippen molar-refractivity contribution in [2.75, 3.05) is 19.7 Å². The van der Waals surface area contributed by atoms with Crippen molar-refractivity contribution in [3.05, 3.63) is 35.3 Å². The van der Waals surface area contributed by atoms with Gasteiger partial charge in [-0.3, -0.25) is 4.84 Å². The van der Waals surface area contributed by atoms with E-state index in [1.165, 1.54) is 0 Å². The lowest BCUT2D eigenvalue weighted by molar-refractivity contribution is -0.147. The molecule has 0 saturated carbocycles. The largest absolute Gasteiger partial charge is 0.385 e. The van der Waals surface area contributed by atoms with Crippen LogP contribution >= 0.6 is 0 Å². The predicted molar refractivity (Wildman–Crippen MR) is 65.7 cm³/mol. The average Bonchev–Trinajstić information content (AvgIpc) is 2.37. The van der Waals surface area contributed by atoms with Gasteiger partial charge in [-0.1, -0.05) is 32.0 Å². The van der Waals surface area contributed by atoms with Gasteiger partial charge in [-0.25, -0.2) is 0 Å². The molecule has 1 aromatic carbocycles. The zero-order chi connectivity index (χ0) is 12.2. The van der Waals surface area contributed by atoms with Crippen molar-refractivity contribution in [1.82, 2.24) is 5.06 Å². The Morgan fingerprint density at radius 1 is 1.12 bits per heavy atom. The van der Waals surface area contributed by atoms with Crippen LogP contribution < -0.4 is 0 Å². The molecule has 1 aromatic rings. The Morgan fingerprint density at radius 2 is 1.69 bits per heavy atom. The fourth-order valence-electron chi connectivity index (χ4n) is 1.08. The Bertz CT molecular complexity index is 291. The summed E-state index contributed by atoms with van der Waals surface area (Å²) in [4.78, 5) is 8.14. The molecular weight excluding hydrogens is 202 g/mol. The first-order chi connectivity index (χ1) is 7.78. The lowest BCUT2D eigenvalue weighted by Crippen LogP contribution is -2.22. The molecule has 0 atom stereocenters. The third kappa shape index (κ3) is 6.93. The molecule has 0 unspecified atom stereocenters. The molecule has 0 saturated heterocycles. The van der Waals surface area contributed by atoms with E-state index >= 15 is 0 Å². The van der Waals surface area contributed by atoms with E-state index in [-0.39, 0.29) is 0 Å². The molecule has 0 amide bonds. The van der Waals surface area contributed by atoms with Gasteiger partial charge in [0.05, 0.1) is 6.61 Å². The van der Waals surface area contributed by atoms with E-state index in [1.807, 2.05) is 30.2 Å². The zero-order valence-electron chi connectivity index (χ0n) is 10.3. The molecule has 1 rings (SSSR count). The van der Waals surface area contributed by atoms with Gasteiger partial charge in [0.15, 0.2) is 4.98 Å². The van der Waals surface area contributed by atoms with Gasteiger partial charge in [-0.05, 0) is 6.92 Å². The van der Waals surface area contributed by atoms with Gasteiger partial charge in [0.2, 0.25) is 5.39 Å². The SMILES string of the molecule is CCON(CC)CC.N#[N+]c1ccccc1. The number of diazo groups is 1. The third-order valence-corrected chi connectivity index (χ3v) is 1.89. The molecule has 0 radical (unpaired) electrons. The minimum atomic E-state index is 0.590. The molecule has 0 heterocycles. The Labute approximate surface area is 97.4 Å². The van der Waals surface area contributed by atoms with Crippen LogP contribution in [0, 0.1) is 5.39 Å². The average molecular weight is 222 g/mol. The summed E-state index contributed by atoms with van der Waals surface area (Å²) in [7, 11) is 0. The number of hydrogen-bond acceptors (Lipinski definition) is 3. The summed E-state index contributed by atoms with van der Waals surface area (Å²) >= 11 is 0. The van der Waals surface area contributed by atoms with Crippen LogP contribution in [0.15, 0.2) is 30.3 Å². The first kappa shape index (κ1) is 14.6. The quantitative estimate of drug-likeness (QED) is 0.578. The Balaban J connectivity index is 0.000000281. The van der Waals surface area contributed by atoms with Crippen molar-refractivity contribution in [3.63, 3.8) is 0 Å². The number of nitrogens with zero attached hydrogens (tertiary/aromatic N) is 3. The number of hydrogen-bond donors (Lipinski definition) is 0. The second-order valence-corrected chi connectivity index (χ2v) is 2.97. The van der Waals surface area contributed by atoms with E-state index in [0.717, 1.165) is 19.7 Å². The van der Waals surface area contributed by atoms with Crippen molar-refractivity contribution < 1.29 is 4.84 Å². The zero-order valence-corrected chi connectivity index (χ0v) is 10.3. The van der Waals surface area contributed by atoms with E-state index in [2.05, 4.69) is 18.8 Å². The maximum absolute atomic E-state index is 8.16. The number of benzene rings is 1. The topological polar surface area (TPSA) is 40.6 Å². The highest BCUT2D eigenvalue weighted by molar-refractivity contribution is 5.42. The summed E-state index contributed by atoms with van der Waals surface area (Å²) in [6.45, 7) is 8.90. The highest BCUT2D eigenvalue weighted by atomic mass is 16.7. The second kappa shape index (κ2) is 10.1. The molecule has 4 nitrogen and oxygen atoms in total. The highest BCUT2D eigenvalue weighted by Crippen LogP contribution is 2.07. The van der Waals surface area contributed by atoms with Gasteiger partial charge in [0.25, 0.3) is 0 Å². The van der Waals surface area contributed by atoms with Crippen LogP contribution in [-0.2, 0) is 4.84 Å². The minimum Gasteiger partial charge on any atom is -0.299 e. The van der Waals surface area contributed by atoms with E-state index in [4.69, 9.17) is 10.2 Å². The maximum atomic E-state index is 8.16.